The van der Waals surface area contributed by atoms with Crippen LogP contribution in [0.1, 0.15) is 57.3 Å². The second-order valence-electron chi connectivity index (χ2n) is 9.68. The summed E-state index contributed by atoms with van der Waals surface area (Å²) < 4.78 is 20.6. The molecule has 1 N–H and O–H groups in total. The fourth-order valence-corrected chi connectivity index (χ4v) is 4.43. The average Bonchev–Trinajstić information content (AvgIpc) is 3.40. The highest BCUT2D eigenvalue weighted by Gasteiger charge is 2.53. The van der Waals surface area contributed by atoms with E-state index in [0.29, 0.717) is 35.3 Å². The molecule has 9 nitrogen and oxygen atoms in total. The average molecular weight is 475 g/mol. The summed E-state index contributed by atoms with van der Waals surface area (Å²) in [5.41, 5.74) is 0.918. The first-order valence-corrected chi connectivity index (χ1v) is 12.1. The van der Waals surface area contributed by atoms with Gasteiger partial charge >= 0.3 is 7.12 Å². The van der Waals surface area contributed by atoms with Crippen LogP contribution in [0.15, 0.2) is 42.7 Å². The highest BCUT2D eigenvalue weighted by molar-refractivity contribution is 6.62. The van der Waals surface area contributed by atoms with Crippen LogP contribution in [0.4, 0.5) is 5.82 Å². The number of fused-ring (bicyclic) bond motifs is 5. The van der Waals surface area contributed by atoms with Crippen molar-refractivity contribution in [3.63, 3.8) is 0 Å². The summed E-state index contributed by atoms with van der Waals surface area (Å²) in [5.74, 6) is 1.28. The van der Waals surface area contributed by atoms with Gasteiger partial charge in [-0.2, -0.15) is 0 Å². The van der Waals surface area contributed by atoms with Gasteiger partial charge in [-0.25, -0.2) is 4.98 Å². The Bertz CT molecular complexity index is 1250. The molecule has 0 aliphatic carbocycles. The number of carbonyl (C=O) groups excluding carboxylic acids is 1. The number of aromatic nitrogens is 4. The third-order valence-electron chi connectivity index (χ3n) is 7.12. The molecule has 0 spiro atoms. The molecule has 1 saturated heterocycles. The molecule has 1 unspecified atom stereocenters. The topological polar surface area (TPSA) is 100 Å². The second kappa shape index (κ2) is 9.09. The van der Waals surface area contributed by atoms with Gasteiger partial charge in [0.2, 0.25) is 0 Å². The molecule has 1 amide bonds. The van der Waals surface area contributed by atoms with Crippen LogP contribution in [0.2, 0.25) is 0 Å². The van der Waals surface area contributed by atoms with Crippen molar-refractivity contribution in [2.45, 2.75) is 64.7 Å². The zero-order valence-electron chi connectivity index (χ0n) is 20.6. The Morgan fingerprint density at radius 2 is 2.00 bits per heavy atom. The van der Waals surface area contributed by atoms with E-state index in [0.717, 1.165) is 31.3 Å². The number of aryl methyl sites for hydroxylation is 1. The van der Waals surface area contributed by atoms with Crippen LogP contribution in [-0.4, -0.2) is 50.6 Å². The monoisotopic (exact) mass is 475 g/mol. The van der Waals surface area contributed by atoms with Crippen LogP contribution < -0.4 is 15.5 Å². The predicted octanol–water partition coefficient (Wildman–Crippen LogP) is 3.45. The molecule has 2 aliphatic rings. The van der Waals surface area contributed by atoms with Crippen LogP contribution in [-0.2, 0) is 15.9 Å². The molecular weight excluding hydrogens is 445 g/mol. The lowest BCUT2D eigenvalue weighted by atomic mass is 9.78. The summed E-state index contributed by atoms with van der Waals surface area (Å²) in [4.78, 5) is 18.0. The van der Waals surface area contributed by atoms with E-state index in [2.05, 4.69) is 34.3 Å². The van der Waals surface area contributed by atoms with Gasteiger partial charge < -0.3 is 23.9 Å². The number of rotatable bonds is 2. The maximum atomic E-state index is 13.4. The number of benzene rings is 1. The molecular formula is C25H30BN5O4. The molecule has 35 heavy (non-hydrogen) atoms. The molecule has 5 rings (SSSR count). The molecule has 182 valence electrons. The van der Waals surface area contributed by atoms with Gasteiger partial charge in [-0.1, -0.05) is 19.1 Å². The smallest absolute Gasteiger partial charge is 0.493 e. The summed E-state index contributed by atoms with van der Waals surface area (Å²) >= 11 is 0. The molecule has 2 aromatic heterocycles. The summed E-state index contributed by atoms with van der Waals surface area (Å²) in [5, 5.41) is 11.2. The Morgan fingerprint density at radius 1 is 1.14 bits per heavy atom. The first-order chi connectivity index (χ1) is 16.8. The number of amides is 1. The van der Waals surface area contributed by atoms with E-state index in [-0.39, 0.29) is 5.91 Å². The third kappa shape index (κ3) is 4.43. The van der Waals surface area contributed by atoms with Gasteiger partial charge in [0.1, 0.15) is 23.6 Å². The highest BCUT2D eigenvalue weighted by atomic mass is 16.7. The molecule has 3 aromatic rings. The zero-order chi connectivity index (χ0) is 24.6. The minimum Gasteiger partial charge on any atom is -0.493 e. The highest BCUT2D eigenvalue weighted by Crippen LogP contribution is 2.39. The van der Waals surface area contributed by atoms with Crippen molar-refractivity contribution in [1.29, 1.82) is 0 Å². The number of hydrogen-bond acceptors (Lipinski definition) is 7. The first kappa shape index (κ1) is 23.5. The van der Waals surface area contributed by atoms with Crippen molar-refractivity contribution < 1.29 is 18.8 Å². The third-order valence-corrected chi connectivity index (χ3v) is 7.12. The van der Waals surface area contributed by atoms with Crippen molar-refractivity contribution in [1.82, 2.24) is 19.7 Å². The summed E-state index contributed by atoms with van der Waals surface area (Å²) in [7, 11) is -0.575. The quantitative estimate of drug-likeness (QED) is 0.567. The van der Waals surface area contributed by atoms with Crippen molar-refractivity contribution in [3.8, 4) is 17.3 Å². The van der Waals surface area contributed by atoms with Crippen LogP contribution >= 0.6 is 0 Å². The van der Waals surface area contributed by atoms with Crippen molar-refractivity contribution >= 4 is 24.3 Å². The maximum absolute atomic E-state index is 13.4. The molecule has 0 saturated carbocycles. The zero-order valence-corrected chi connectivity index (χ0v) is 20.6. The van der Waals surface area contributed by atoms with E-state index in [1.807, 2.05) is 42.7 Å². The maximum Gasteiger partial charge on any atom is 0.494 e. The van der Waals surface area contributed by atoms with E-state index in [1.165, 1.54) is 0 Å². The van der Waals surface area contributed by atoms with Crippen LogP contribution in [0.25, 0.3) is 11.5 Å². The first-order valence-electron chi connectivity index (χ1n) is 12.1. The van der Waals surface area contributed by atoms with Crippen molar-refractivity contribution in [2.24, 2.45) is 0 Å². The molecule has 10 heteroatoms. The lowest BCUT2D eigenvalue weighted by Gasteiger charge is -2.35. The van der Waals surface area contributed by atoms with Gasteiger partial charge in [0.25, 0.3) is 5.91 Å². The minimum absolute atomic E-state index is 0.319. The standard InChI is InChI=1S/C25H30BN5O4/c1-5-25(4)24(2,3)34-26(35-25)17-11-12-20-18(15-17)23(32)29-21-10-8-9-19(28-21)22-30-27-16-31(22)13-6-7-14-33-20/h8-12,15-16H,5-7,13-14H2,1-4H3,(H,28,29,32). The minimum atomic E-state index is -0.575. The van der Waals surface area contributed by atoms with E-state index in [1.54, 1.807) is 18.5 Å². The van der Waals surface area contributed by atoms with Crippen LogP contribution in [0.5, 0.6) is 5.75 Å². The molecule has 0 radical (unpaired) electrons. The number of nitrogens with zero attached hydrogens (tertiary/aromatic N) is 4. The molecule has 1 aromatic carbocycles. The Labute approximate surface area is 205 Å². The van der Waals surface area contributed by atoms with Crippen molar-refractivity contribution in [2.75, 3.05) is 11.9 Å². The largest absolute Gasteiger partial charge is 0.494 e. The van der Waals surface area contributed by atoms with Gasteiger partial charge in [-0.3, -0.25) is 4.79 Å². The van der Waals surface area contributed by atoms with Gasteiger partial charge in [0.05, 0.1) is 23.4 Å². The number of hydrogen-bond donors (Lipinski definition) is 1. The van der Waals surface area contributed by atoms with Gasteiger partial charge in [0, 0.05) is 6.54 Å². The fraction of sp³-hybridized carbons (Fsp3) is 0.440. The number of nitrogens with one attached hydrogen (secondary N) is 1. The van der Waals surface area contributed by atoms with Crippen molar-refractivity contribution in [3.05, 3.63) is 48.3 Å². The van der Waals surface area contributed by atoms with E-state index in [4.69, 9.17) is 14.0 Å². The predicted molar refractivity (Wildman–Crippen MR) is 133 cm³/mol. The van der Waals surface area contributed by atoms with E-state index in [9.17, 15) is 4.79 Å². The molecule has 2 bridgehead atoms. The molecule has 4 heterocycles. The Morgan fingerprint density at radius 3 is 2.80 bits per heavy atom. The van der Waals surface area contributed by atoms with Gasteiger partial charge in [-0.15, -0.1) is 10.2 Å². The van der Waals surface area contributed by atoms with Gasteiger partial charge in [0.15, 0.2) is 5.82 Å². The number of pyridine rings is 1. The number of carbonyl (C=O) groups is 1. The fourth-order valence-electron chi connectivity index (χ4n) is 4.43. The Kier molecular flexibility index (Phi) is 6.10. The Hall–Kier alpha value is -3.24. The second-order valence-corrected chi connectivity index (χ2v) is 9.68. The van der Waals surface area contributed by atoms with Crippen LogP contribution in [0.3, 0.4) is 0 Å². The van der Waals surface area contributed by atoms with Gasteiger partial charge in [-0.05, 0) is 69.8 Å². The lowest BCUT2D eigenvalue weighted by Crippen LogP contribution is -2.44. The summed E-state index contributed by atoms with van der Waals surface area (Å²) in [6, 6.07) is 11.0. The van der Waals surface area contributed by atoms with Crippen LogP contribution in [0, 0.1) is 0 Å². The van der Waals surface area contributed by atoms with E-state index < -0.39 is 18.3 Å². The normalized spacial score (nSPS) is 21.9. The Balaban J connectivity index is 1.49. The summed E-state index contributed by atoms with van der Waals surface area (Å²) in [6.07, 6.45) is 4.19. The number of ether oxygens (including phenoxy) is 1. The number of anilines is 1. The summed E-state index contributed by atoms with van der Waals surface area (Å²) in [6.45, 7) is 9.44. The lowest BCUT2D eigenvalue weighted by molar-refractivity contribution is -0.0118. The molecule has 2 aliphatic heterocycles. The molecule has 1 fully saturated rings. The SMILES string of the molecule is CCC1(C)OB(c2ccc3c(c2)C(=O)Nc2cccc(n2)-c2nncn2CCCCO3)OC1(C)C. The van der Waals surface area contributed by atoms with E-state index >= 15 is 0 Å². The molecule has 1 atom stereocenters.